The molecule has 6 heteroatoms. The lowest BCUT2D eigenvalue weighted by atomic mass is 10.2. The molecule has 1 N–H and O–H groups in total. The van der Waals surface area contributed by atoms with Gasteiger partial charge >= 0.3 is 6.03 Å². The fourth-order valence-electron chi connectivity index (χ4n) is 2.45. The Labute approximate surface area is 129 Å². The van der Waals surface area contributed by atoms with Gasteiger partial charge in [0.2, 0.25) is 5.91 Å². The summed E-state index contributed by atoms with van der Waals surface area (Å²) in [6.07, 6.45) is 2.47. The van der Waals surface area contributed by atoms with Crippen molar-refractivity contribution in [2.75, 3.05) is 32.7 Å². The van der Waals surface area contributed by atoms with E-state index in [2.05, 4.69) is 16.8 Å². The topological polar surface area (TPSA) is 52.7 Å². The van der Waals surface area contributed by atoms with Crippen molar-refractivity contribution in [2.24, 2.45) is 0 Å². The Morgan fingerprint density at radius 2 is 1.95 bits per heavy atom. The summed E-state index contributed by atoms with van der Waals surface area (Å²) in [6.45, 7) is 5.10. The molecule has 1 aromatic heterocycles. The van der Waals surface area contributed by atoms with Crippen molar-refractivity contribution >= 4 is 23.3 Å². The Bertz CT molecular complexity index is 453. The van der Waals surface area contributed by atoms with E-state index in [0.29, 0.717) is 39.1 Å². The normalized spacial score (nSPS) is 15.1. The van der Waals surface area contributed by atoms with Gasteiger partial charge in [-0.2, -0.15) is 0 Å². The molecule has 116 valence electrons. The molecule has 0 saturated carbocycles. The maximum atomic E-state index is 12.1. The number of carbonyl (C=O) groups excluding carboxylic acids is 2. The van der Waals surface area contributed by atoms with Crippen LogP contribution >= 0.6 is 11.3 Å². The highest BCUT2D eigenvalue weighted by atomic mass is 32.1. The molecule has 2 rings (SSSR count). The molecule has 1 saturated heterocycles. The van der Waals surface area contributed by atoms with Gasteiger partial charge < -0.3 is 15.1 Å². The summed E-state index contributed by atoms with van der Waals surface area (Å²) in [6, 6.07) is 4.13. The van der Waals surface area contributed by atoms with E-state index in [0.717, 1.165) is 12.8 Å². The fraction of sp³-hybridized carbons (Fsp3) is 0.600. The molecule has 1 fully saturated rings. The number of thiophene rings is 1. The maximum Gasteiger partial charge on any atom is 0.317 e. The van der Waals surface area contributed by atoms with Crippen LogP contribution in [0.5, 0.6) is 0 Å². The monoisotopic (exact) mass is 309 g/mol. The first kappa shape index (κ1) is 15.8. The SMILES string of the molecule is CCNC(=O)N1CCN(C(=O)CCCc2cccs2)CC1. The summed E-state index contributed by atoms with van der Waals surface area (Å²) < 4.78 is 0. The van der Waals surface area contributed by atoms with E-state index in [1.54, 1.807) is 16.2 Å². The molecule has 0 unspecified atom stereocenters. The van der Waals surface area contributed by atoms with Crippen molar-refractivity contribution in [3.8, 4) is 0 Å². The standard InChI is InChI=1S/C15H23N3O2S/c1-2-16-15(20)18-10-8-17(9-11-18)14(19)7-3-5-13-6-4-12-21-13/h4,6,12H,2-3,5,7-11H2,1H3,(H,16,20). The third kappa shape index (κ3) is 4.74. The number of amides is 3. The largest absolute Gasteiger partial charge is 0.339 e. The molecule has 0 atom stereocenters. The molecule has 3 amide bonds. The molecular weight excluding hydrogens is 286 g/mol. The highest BCUT2D eigenvalue weighted by Gasteiger charge is 2.23. The number of carbonyl (C=O) groups is 2. The Balaban J connectivity index is 1.67. The van der Waals surface area contributed by atoms with Crippen LogP contribution < -0.4 is 5.32 Å². The van der Waals surface area contributed by atoms with Crippen molar-refractivity contribution < 1.29 is 9.59 Å². The average Bonchev–Trinajstić information content (AvgIpc) is 3.01. The molecule has 0 spiro atoms. The Kier molecular flexibility index (Phi) is 6.04. The third-order valence-electron chi connectivity index (χ3n) is 3.64. The summed E-state index contributed by atoms with van der Waals surface area (Å²) in [5, 5.41) is 4.86. The van der Waals surface area contributed by atoms with Crippen LogP contribution in [-0.2, 0) is 11.2 Å². The van der Waals surface area contributed by atoms with Crippen LogP contribution in [0.25, 0.3) is 0 Å². The molecule has 0 bridgehead atoms. The van der Waals surface area contributed by atoms with Gasteiger partial charge in [0, 0.05) is 44.0 Å². The third-order valence-corrected chi connectivity index (χ3v) is 4.58. The predicted octanol–water partition coefficient (Wildman–Crippen LogP) is 1.94. The summed E-state index contributed by atoms with van der Waals surface area (Å²) in [5.41, 5.74) is 0. The smallest absolute Gasteiger partial charge is 0.317 e. The first-order valence-corrected chi connectivity index (χ1v) is 8.41. The van der Waals surface area contributed by atoms with Gasteiger partial charge in [0.05, 0.1) is 0 Å². The van der Waals surface area contributed by atoms with Crippen molar-refractivity contribution in [2.45, 2.75) is 26.2 Å². The van der Waals surface area contributed by atoms with E-state index in [4.69, 9.17) is 0 Å². The fourth-order valence-corrected chi connectivity index (χ4v) is 3.20. The summed E-state index contributed by atoms with van der Waals surface area (Å²) in [4.78, 5) is 28.8. The first-order valence-electron chi connectivity index (χ1n) is 7.53. The van der Waals surface area contributed by atoms with Crippen LogP contribution in [0.1, 0.15) is 24.6 Å². The lowest BCUT2D eigenvalue weighted by molar-refractivity contribution is -0.132. The van der Waals surface area contributed by atoms with Crippen LogP contribution in [-0.4, -0.2) is 54.5 Å². The van der Waals surface area contributed by atoms with E-state index in [9.17, 15) is 9.59 Å². The number of hydrogen-bond acceptors (Lipinski definition) is 3. The van der Waals surface area contributed by atoms with E-state index in [1.807, 2.05) is 17.9 Å². The molecule has 21 heavy (non-hydrogen) atoms. The van der Waals surface area contributed by atoms with Gasteiger partial charge in [-0.1, -0.05) is 6.07 Å². The predicted molar refractivity (Wildman–Crippen MR) is 84.5 cm³/mol. The van der Waals surface area contributed by atoms with Crippen molar-refractivity contribution in [1.82, 2.24) is 15.1 Å². The number of piperazine rings is 1. The number of aryl methyl sites for hydroxylation is 1. The van der Waals surface area contributed by atoms with E-state index in [1.165, 1.54) is 4.88 Å². The highest BCUT2D eigenvalue weighted by Crippen LogP contribution is 2.13. The maximum absolute atomic E-state index is 12.1. The quantitative estimate of drug-likeness (QED) is 0.904. The van der Waals surface area contributed by atoms with Crippen molar-refractivity contribution in [1.29, 1.82) is 0 Å². The van der Waals surface area contributed by atoms with Crippen LogP contribution in [0, 0.1) is 0 Å². The van der Waals surface area contributed by atoms with Gasteiger partial charge in [0.15, 0.2) is 0 Å². The summed E-state index contributed by atoms with van der Waals surface area (Å²) in [5.74, 6) is 0.210. The second kappa shape index (κ2) is 8.02. The molecular formula is C15H23N3O2S. The average molecular weight is 309 g/mol. The van der Waals surface area contributed by atoms with Crippen LogP contribution in [0.2, 0.25) is 0 Å². The number of nitrogens with one attached hydrogen (secondary N) is 1. The second-order valence-electron chi connectivity index (χ2n) is 5.14. The van der Waals surface area contributed by atoms with Crippen molar-refractivity contribution in [3.63, 3.8) is 0 Å². The minimum absolute atomic E-state index is 0.0257. The van der Waals surface area contributed by atoms with Gasteiger partial charge in [0.25, 0.3) is 0 Å². The number of hydrogen-bond donors (Lipinski definition) is 1. The molecule has 0 radical (unpaired) electrons. The highest BCUT2D eigenvalue weighted by molar-refractivity contribution is 7.09. The zero-order chi connectivity index (χ0) is 15.1. The number of rotatable bonds is 5. The summed E-state index contributed by atoms with van der Waals surface area (Å²) in [7, 11) is 0. The molecule has 0 aliphatic carbocycles. The van der Waals surface area contributed by atoms with Crippen molar-refractivity contribution in [3.05, 3.63) is 22.4 Å². The molecule has 5 nitrogen and oxygen atoms in total. The Morgan fingerprint density at radius 3 is 2.57 bits per heavy atom. The van der Waals surface area contributed by atoms with E-state index in [-0.39, 0.29) is 11.9 Å². The van der Waals surface area contributed by atoms with E-state index < -0.39 is 0 Å². The molecule has 2 heterocycles. The molecule has 1 aliphatic rings. The first-order chi connectivity index (χ1) is 10.2. The van der Waals surface area contributed by atoms with Gasteiger partial charge in [-0.15, -0.1) is 11.3 Å². The lowest BCUT2D eigenvalue weighted by Gasteiger charge is -2.34. The molecule has 1 aromatic rings. The zero-order valence-electron chi connectivity index (χ0n) is 12.5. The minimum atomic E-state index is -0.0257. The van der Waals surface area contributed by atoms with Gasteiger partial charge in [-0.05, 0) is 31.2 Å². The van der Waals surface area contributed by atoms with Gasteiger partial charge in [-0.25, -0.2) is 4.79 Å². The number of urea groups is 1. The van der Waals surface area contributed by atoms with Crippen LogP contribution in [0.4, 0.5) is 4.79 Å². The summed E-state index contributed by atoms with van der Waals surface area (Å²) >= 11 is 1.74. The number of nitrogens with zero attached hydrogens (tertiary/aromatic N) is 2. The van der Waals surface area contributed by atoms with Gasteiger partial charge in [-0.3, -0.25) is 4.79 Å². The molecule has 0 aromatic carbocycles. The Morgan fingerprint density at radius 1 is 1.24 bits per heavy atom. The van der Waals surface area contributed by atoms with Crippen LogP contribution in [0.3, 0.4) is 0 Å². The van der Waals surface area contributed by atoms with Gasteiger partial charge in [0.1, 0.15) is 0 Å². The Hall–Kier alpha value is -1.56. The lowest BCUT2D eigenvalue weighted by Crippen LogP contribution is -2.53. The second-order valence-corrected chi connectivity index (χ2v) is 6.17. The molecule has 1 aliphatic heterocycles. The minimum Gasteiger partial charge on any atom is -0.339 e. The van der Waals surface area contributed by atoms with E-state index >= 15 is 0 Å². The zero-order valence-corrected chi connectivity index (χ0v) is 13.3. The van der Waals surface area contributed by atoms with Crippen LogP contribution in [0.15, 0.2) is 17.5 Å².